The first-order valence-electron chi connectivity index (χ1n) is 20.3. The van der Waals surface area contributed by atoms with Crippen LogP contribution in [0.15, 0.2) is 0 Å². The molecule has 0 fully saturated rings. The fraction of sp³-hybridized carbons (Fsp3) is 0.974. The van der Waals surface area contributed by atoms with Gasteiger partial charge in [-0.15, -0.1) is 0 Å². The fourth-order valence-corrected chi connectivity index (χ4v) is 24.7. The number of hydrogen-bond donors (Lipinski definition) is 0. The van der Waals surface area contributed by atoms with Crippen molar-refractivity contribution in [3.05, 3.63) is 0 Å². The highest BCUT2D eigenvalue weighted by Crippen LogP contribution is 2.30. The van der Waals surface area contributed by atoms with Crippen LogP contribution in [0.3, 0.4) is 0 Å². The Hall–Kier alpha value is 0.691. The Balaban J connectivity index is 4.27. The first-order chi connectivity index (χ1) is 22.5. The van der Waals surface area contributed by atoms with Gasteiger partial charge in [0.1, 0.15) is 0 Å². The van der Waals surface area contributed by atoms with Crippen LogP contribution in [0.4, 0.5) is 0 Å². The number of rotatable bonds is 34. The molecule has 0 aliphatic heterocycles. The summed E-state index contributed by atoms with van der Waals surface area (Å²) in [6.07, 6.45) is 19.3. The monoisotopic (exact) mass is 772 g/mol. The number of nitrogens with zero attached hydrogens (tertiary/aromatic N) is 1. The lowest BCUT2D eigenvalue weighted by Crippen LogP contribution is -2.36. The second-order valence-corrected chi connectivity index (χ2v) is 42.0. The summed E-state index contributed by atoms with van der Waals surface area (Å²) in [6, 6.07) is 14.3. The van der Waals surface area contributed by atoms with E-state index in [-0.39, 0.29) is 0 Å². The van der Waals surface area contributed by atoms with E-state index in [1.165, 1.54) is 150 Å². The van der Waals surface area contributed by atoms with Gasteiger partial charge in [0.2, 0.25) is 25.4 Å². The zero-order valence-corrected chi connectivity index (χ0v) is 40.6. The van der Waals surface area contributed by atoms with E-state index in [1.54, 1.807) is 6.92 Å². The van der Waals surface area contributed by atoms with Gasteiger partial charge in [-0.1, -0.05) is 178 Å². The molecule has 0 aliphatic carbocycles. The van der Waals surface area contributed by atoms with E-state index in [0.717, 1.165) is 13.1 Å². The first kappa shape index (κ1) is 48.7. The van der Waals surface area contributed by atoms with E-state index >= 15 is 0 Å². The molecule has 0 aromatic heterocycles. The summed E-state index contributed by atoms with van der Waals surface area (Å²) in [4.78, 5) is 14.8. The molecular formula is C38H85NO3Si6. The molecule has 0 saturated carbocycles. The lowest BCUT2D eigenvalue weighted by Gasteiger charge is -2.31. The third-order valence-corrected chi connectivity index (χ3v) is 27.0. The van der Waals surface area contributed by atoms with Crippen LogP contribution in [0.25, 0.3) is 0 Å². The van der Waals surface area contributed by atoms with Crippen molar-refractivity contribution in [1.29, 1.82) is 0 Å². The molecule has 4 nitrogen and oxygen atoms in total. The number of unbranched alkanes of at least 4 members (excludes halogenated alkanes) is 10. The molecule has 284 valence electrons. The van der Waals surface area contributed by atoms with Crippen molar-refractivity contribution in [3.63, 3.8) is 0 Å². The van der Waals surface area contributed by atoms with Gasteiger partial charge in [-0.2, -0.15) is 0 Å². The summed E-state index contributed by atoms with van der Waals surface area (Å²) in [5.74, 6) is 0.293. The van der Waals surface area contributed by atoms with Crippen LogP contribution in [0.2, 0.25) is 113 Å². The van der Waals surface area contributed by atoms with Gasteiger partial charge in [-0.05, 0) is 24.9 Å². The second-order valence-electron chi connectivity index (χ2n) is 18.3. The summed E-state index contributed by atoms with van der Waals surface area (Å²) in [6.45, 7) is 24.8. The Labute approximate surface area is 311 Å². The van der Waals surface area contributed by atoms with Gasteiger partial charge >= 0.3 is 0 Å². The summed E-state index contributed by atoms with van der Waals surface area (Å²) in [5, 5.41) is 0. The average molecular weight is 773 g/mol. The van der Waals surface area contributed by atoms with Gasteiger partial charge in [0.05, 0.1) is 0 Å². The predicted octanol–water partition coefficient (Wildman–Crippen LogP) is 12.5. The lowest BCUT2D eigenvalue weighted by atomic mass is 10.1. The third-order valence-electron chi connectivity index (χ3n) is 11.0. The molecular weight excluding hydrogens is 687 g/mol. The van der Waals surface area contributed by atoms with E-state index in [1.807, 2.05) is 14.2 Å². The van der Waals surface area contributed by atoms with Crippen LogP contribution in [0.5, 0.6) is 0 Å². The predicted molar refractivity (Wildman–Crippen MR) is 230 cm³/mol. The van der Waals surface area contributed by atoms with E-state index < -0.39 is 32.3 Å². The van der Waals surface area contributed by atoms with Crippen molar-refractivity contribution in [2.24, 2.45) is 0 Å². The molecule has 0 bridgehead atoms. The maximum Gasteiger partial charge on any atom is 0.229 e. The zero-order valence-electron chi connectivity index (χ0n) is 34.6. The number of carbonyl (C=O) groups is 1. The SMILES string of the molecule is CO[Si]CCCCCCCC[Si](C)(C)CC[Si](C)(C)CCCN(CCC[Si](C)(C)CC[Si](C)(C)CCCCCCCC[Si]OC)C(C)=O. The van der Waals surface area contributed by atoms with Gasteiger partial charge in [-0.3, -0.25) is 4.79 Å². The third kappa shape index (κ3) is 30.3. The lowest BCUT2D eigenvalue weighted by molar-refractivity contribution is -0.128. The van der Waals surface area contributed by atoms with Crippen molar-refractivity contribution >= 4 is 57.7 Å². The Kier molecular flexibility index (Phi) is 28.6. The second kappa shape index (κ2) is 28.2. The minimum absolute atomic E-state index is 0.293. The van der Waals surface area contributed by atoms with Crippen LogP contribution in [-0.2, 0) is 13.6 Å². The Morgan fingerprint density at radius 3 is 1.00 bits per heavy atom. The molecule has 0 heterocycles. The average Bonchev–Trinajstić information content (AvgIpc) is 3.00. The van der Waals surface area contributed by atoms with E-state index in [4.69, 9.17) is 8.85 Å². The number of amides is 1. The maximum atomic E-state index is 12.6. The van der Waals surface area contributed by atoms with Crippen molar-refractivity contribution in [1.82, 2.24) is 4.90 Å². The molecule has 0 saturated heterocycles. The standard InChI is InChI=1S/C38H85NO3Si6/c1-38(40)39(26-24-32-47(8,9)36-34-45(4,5)30-22-18-14-12-16-20-28-43-41-2)27-25-33-48(10,11)37-35-46(6,7)31-23-19-15-13-17-21-29-44-42-3/h12-37H2,1-11H3. The van der Waals surface area contributed by atoms with Crippen LogP contribution in [0, 0.1) is 0 Å². The van der Waals surface area contributed by atoms with Gasteiger partial charge in [0.25, 0.3) is 0 Å². The quantitative estimate of drug-likeness (QED) is 0.0483. The summed E-state index contributed by atoms with van der Waals surface area (Å²) >= 11 is 0. The molecule has 1 amide bonds. The van der Waals surface area contributed by atoms with Crippen LogP contribution in [-0.4, -0.2) is 89.9 Å². The molecule has 0 aromatic rings. The molecule has 0 unspecified atom stereocenters. The molecule has 10 heteroatoms. The van der Waals surface area contributed by atoms with Crippen LogP contribution >= 0.6 is 0 Å². The van der Waals surface area contributed by atoms with Crippen LogP contribution in [0.1, 0.15) is 96.8 Å². The molecule has 0 aliphatic rings. The Morgan fingerprint density at radius 2 is 0.708 bits per heavy atom. The fourth-order valence-electron chi connectivity index (χ4n) is 7.00. The Morgan fingerprint density at radius 1 is 0.438 bits per heavy atom. The smallest absolute Gasteiger partial charge is 0.229 e. The normalized spacial score (nSPS) is 13.0. The highest BCUT2D eigenvalue weighted by Gasteiger charge is 2.28. The highest BCUT2D eigenvalue weighted by atomic mass is 28.3. The Bertz CT molecular complexity index is 726. The highest BCUT2D eigenvalue weighted by molar-refractivity contribution is 6.83. The number of carbonyl (C=O) groups excluding carboxylic acids is 1. The molecule has 0 spiro atoms. The molecule has 0 atom stereocenters. The largest absolute Gasteiger partial charge is 0.421 e. The van der Waals surface area contributed by atoms with Crippen molar-refractivity contribution in [2.75, 3.05) is 27.3 Å². The van der Waals surface area contributed by atoms with E-state index in [2.05, 4.69) is 57.3 Å². The molecule has 4 radical (unpaired) electrons. The molecule has 0 N–H and O–H groups in total. The molecule has 0 rings (SSSR count). The maximum absolute atomic E-state index is 12.6. The minimum Gasteiger partial charge on any atom is -0.421 e. The van der Waals surface area contributed by atoms with Gasteiger partial charge < -0.3 is 13.8 Å². The van der Waals surface area contributed by atoms with E-state index in [9.17, 15) is 4.79 Å². The van der Waals surface area contributed by atoms with E-state index in [0.29, 0.717) is 25.4 Å². The molecule has 48 heavy (non-hydrogen) atoms. The summed E-state index contributed by atoms with van der Waals surface area (Å²) < 4.78 is 10.4. The molecule has 0 aromatic carbocycles. The summed E-state index contributed by atoms with van der Waals surface area (Å²) in [7, 11) is 0.432. The van der Waals surface area contributed by atoms with Gasteiger partial charge in [0, 0.05) is 66.5 Å². The zero-order chi connectivity index (χ0) is 36.4. The van der Waals surface area contributed by atoms with Gasteiger partial charge in [-0.25, -0.2) is 0 Å². The number of hydrogen-bond acceptors (Lipinski definition) is 3. The van der Waals surface area contributed by atoms with Crippen LogP contribution < -0.4 is 0 Å². The van der Waals surface area contributed by atoms with Crippen molar-refractivity contribution < 1.29 is 13.6 Å². The minimum atomic E-state index is -1.21. The first-order valence-corrected chi connectivity index (χ1v) is 36.2. The van der Waals surface area contributed by atoms with Gasteiger partial charge in [0.15, 0.2) is 0 Å². The summed E-state index contributed by atoms with van der Waals surface area (Å²) in [5.41, 5.74) is 0. The topological polar surface area (TPSA) is 38.8 Å². The van der Waals surface area contributed by atoms with Crippen molar-refractivity contribution in [3.8, 4) is 0 Å². The van der Waals surface area contributed by atoms with Crippen molar-refractivity contribution in [2.45, 2.75) is 210 Å².